The first-order chi connectivity index (χ1) is 6.97. The lowest BCUT2D eigenvalue weighted by Gasteiger charge is -2.24. The third-order valence-corrected chi connectivity index (χ3v) is 2.48. The van der Waals surface area contributed by atoms with Crippen molar-refractivity contribution in [3.8, 4) is 0 Å². The van der Waals surface area contributed by atoms with Crippen molar-refractivity contribution < 1.29 is 9.53 Å². The van der Waals surface area contributed by atoms with E-state index in [0.29, 0.717) is 12.5 Å². The van der Waals surface area contributed by atoms with Crippen molar-refractivity contribution in [3.63, 3.8) is 0 Å². The second-order valence-electron chi connectivity index (χ2n) is 5.33. The number of hydrogen-bond donors (Lipinski definition) is 1. The lowest BCUT2D eigenvalue weighted by atomic mass is 10.0. The van der Waals surface area contributed by atoms with Gasteiger partial charge in [-0.2, -0.15) is 0 Å². The van der Waals surface area contributed by atoms with Crippen molar-refractivity contribution in [3.05, 3.63) is 0 Å². The van der Waals surface area contributed by atoms with Gasteiger partial charge in [0.2, 0.25) is 5.91 Å². The Kier molecular flexibility index (Phi) is 4.58. The Labute approximate surface area is 92.6 Å². The lowest BCUT2D eigenvalue weighted by Crippen LogP contribution is -2.40. The van der Waals surface area contributed by atoms with Crippen LogP contribution in [0.1, 0.15) is 52.9 Å². The Morgan fingerprint density at radius 1 is 1.40 bits per heavy atom. The van der Waals surface area contributed by atoms with Gasteiger partial charge in [0, 0.05) is 18.6 Å². The molecule has 0 aliphatic carbocycles. The fourth-order valence-corrected chi connectivity index (χ4v) is 1.81. The number of nitrogens with one attached hydrogen (secondary N) is 1. The van der Waals surface area contributed by atoms with Gasteiger partial charge in [0.15, 0.2) is 0 Å². The quantitative estimate of drug-likeness (QED) is 0.781. The Morgan fingerprint density at radius 2 is 2.13 bits per heavy atom. The summed E-state index contributed by atoms with van der Waals surface area (Å²) in [6.07, 6.45) is 5.28. The molecule has 1 aliphatic rings. The van der Waals surface area contributed by atoms with Crippen molar-refractivity contribution in [2.45, 2.75) is 64.5 Å². The first-order valence-electron chi connectivity index (χ1n) is 5.90. The molecular weight excluding hydrogens is 190 g/mol. The van der Waals surface area contributed by atoms with E-state index >= 15 is 0 Å². The van der Waals surface area contributed by atoms with E-state index in [9.17, 15) is 4.79 Å². The van der Waals surface area contributed by atoms with Gasteiger partial charge in [-0.1, -0.05) is 0 Å². The molecule has 1 unspecified atom stereocenters. The molecule has 0 aromatic rings. The average molecular weight is 213 g/mol. The van der Waals surface area contributed by atoms with Gasteiger partial charge < -0.3 is 10.1 Å². The summed E-state index contributed by atoms with van der Waals surface area (Å²) in [5.74, 6) is 0.136. The van der Waals surface area contributed by atoms with Crippen LogP contribution in [0.25, 0.3) is 0 Å². The number of amides is 1. The molecular formula is C12H23NO2. The molecule has 1 atom stereocenters. The molecule has 1 amide bonds. The smallest absolute Gasteiger partial charge is 0.220 e. The molecule has 15 heavy (non-hydrogen) atoms. The van der Waals surface area contributed by atoms with Gasteiger partial charge in [-0.05, 0) is 46.5 Å². The Balaban J connectivity index is 2.15. The van der Waals surface area contributed by atoms with E-state index in [1.165, 1.54) is 12.8 Å². The van der Waals surface area contributed by atoms with Crippen LogP contribution >= 0.6 is 0 Å². The van der Waals surface area contributed by atoms with Gasteiger partial charge in [-0.3, -0.25) is 4.79 Å². The summed E-state index contributed by atoms with van der Waals surface area (Å²) in [6.45, 7) is 6.87. The van der Waals surface area contributed by atoms with E-state index in [0.717, 1.165) is 19.4 Å². The third kappa shape index (κ3) is 5.78. The van der Waals surface area contributed by atoms with Gasteiger partial charge >= 0.3 is 0 Å². The molecule has 3 nitrogen and oxygen atoms in total. The highest BCUT2D eigenvalue weighted by Gasteiger charge is 2.17. The van der Waals surface area contributed by atoms with Crippen LogP contribution in [0.3, 0.4) is 0 Å². The second kappa shape index (κ2) is 5.50. The van der Waals surface area contributed by atoms with Crippen molar-refractivity contribution in [2.75, 3.05) is 6.61 Å². The SMILES string of the molecule is CC(C)(C)NC(=O)CCC1CCCCO1. The van der Waals surface area contributed by atoms with Crippen LogP contribution in [0.15, 0.2) is 0 Å². The van der Waals surface area contributed by atoms with E-state index in [2.05, 4.69) is 5.32 Å². The molecule has 1 rings (SSSR count). The fourth-order valence-electron chi connectivity index (χ4n) is 1.81. The Morgan fingerprint density at radius 3 is 2.67 bits per heavy atom. The number of rotatable bonds is 3. The van der Waals surface area contributed by atoms with Crippen LogP contribution in [0.2, 0.25) is 0 Å². The van der Waals surface area contributed by atoms with E-state index in [1.807, 2.05) is 20.8 Å². The van der Waals surface area contributed by atoms with Crippen LogP contribution in [0.4, 0.5) is 0 Å². The number of ether oxygens (including phenoxy) is 1. The summed E-state index contributed by atoms with van der Waals surface area (Å²) in [4.78, 5) is 11.5. The summed E-state index contributed by atoms with van der Waals surface area (Å²) in [5.41, 5.74) is -0.121. The zero-order valence-corrected chi connectivity index (χ0v) is 10.1. The summed E-state index contributed by atoms with van der Waals surface area (Å²) < 4.78 is 5.58. The molecule has 1 saturated heterocycles. The van der Waals surface area contributed by atoms with E-state index in [-0.39, 0.29) is 11.4 Å². The summed E-state index contributed by atoms with van der Waals surface area (Å²) in [6, 6.07) is 0. The highest BCUT2D eigenvalue weighted by atomic mass is 16.5. The normalized spacial score (nSPS) is 22.5. The number of carbonyl (C=O) groups is 1. The van der Waals surface area contributed by atoms with Gasteiger partial charge in [0.1, 0.15) is 0 Å². The fraction of sp³-hybridized carbons (Fsp3) is 0.917. The summed E-state index contributed by atoms with van der Waals surface area (Å²) in [7, 11) is 0. The Bertz CT molecular complexity index is 202. The first-order valence-corrected chi connectivity index (χ1v) is 5.90. The van der Waals surface area contributed by atoms with Crippen LogP contribution < -0.4 is 5.32 Å². The third-order valence-electron chi connectivity index (χ3n) is 2.48. The van der Waals surface area contributed by atoms with Gasteiger partial charge in [-0.25, -0.2) is 0 Å². The average Bonchev–Trinajstić information content (AvgIpc) is 2.14. The van der Waals surface area contributed by atoms with Gasteiger partial charge in [-0.15, -0.1) is 0 Å². The molecule has 0 spiro atoms. The predicted molar refractivity (Wildman–Crippen MR) is 60.7 cm³/mol. The van der Waals surface area contributed by atoms with Gasteiger partial charge in [0.05, 0.1) is 6.10 Å². The maximum Gasteiger partial charge on any atom is 0.220 e. The van der Waals surface area contributed by atoms with Crippen LogP contribution in [0, 0.1) is 0 Å². The molecule has 1 heterocycles. The molecule has 0 bridgehead atoms. The second-order valence-corrected chi connectivity index (χ2v) is 5.33. The van der Waals surface area contributed by atoms with Gasteiger partial charge in [0.25, 0.3) is 0 Å². The lowest BCUT2D eigenvalue weighted by molar-refractivity contribution is -0.123. The van der Waals surface area contributed by atoms with Crippen molar-refractivity contribution in [1.82, 2.24) is 5.32 Å². The molecule has 1 aliphatic heterocycles. The molecule has 1 N–H and O–H groups in total. The largest absolute Gasteiger partial charge is 0.378 e. The molecule has 3 heteroatoms. The van der Waals surface area contributed by atoms with E-state index < -0.39 is 0 Å². The number of hydrogen-bond acceptors (Lipinski definition) is 2. The first kappa shape index (κ1) is 12.5. The Hall–Kier alpha value is -0.570. The van der Waals surface area contributed by atoms with Crippen LogP contribution in [0.5, 0.6) is 0 Å². The van der Waals surface area contributed by atoms with Crippen molar-refractivity contribution in [1.29, 1.82) is 0 Å². The van der Waals surface area contributed by atoms with E-state index in [4.69, 9.17) is 4.74 Å². The zero-order chi connectivity index (χ0) is 11.3. The topological polar surface area (TPSA) is 38.3 Å². The molecule has 0 aromatic heterocycles. The minimum Gasteiger partial charge on any atom is -0.378 e. The molecule has 88 valence electrons. The molecule has 0 radical (unpaired) electrons. The highest BCUT2D eigenvalue weighted by molar-refractivity contribution is 5.76. The standard InChI is InChI=1S/C12H23NO2/c1-12(2,3)13-11(14)8-7-10-6-4-5-9-15-10/h10H,4-9H2,1-3H3,(H,13,14). The molecule has 0 saturated carbocycles. The predicted octanol–water partition coefficient (Wildman–Crippen LogP) is 2.25. The molecule has 0 aromatic carbocycles. The van der Waals surface area contributed by atoms with Crippen LogP contribution in [-0.4, -0.2) is 24.2 Å². The van der Waals surface area contributed by atoms with Crippen molar-refractivity contribution in [2.24, 2.45) is 0 Å². The summed E-state index contributed by atoms with van der Waals surface area (Å²) >= 11 is 0. The maximum atomic E-state index is 11.5. The minimum atomic E-state index is -0.121. The van der Waals surface area contributed by atoms with Crippen LogP contribution in [-0.2, 0) is 9.53 Å². The summed E-state index contributed by atoms with van der Waals surface area (Å²) in [5, 5.41) is 2.96. The minimum absolute atomic E-state index is 0.121. The van der Waals surface area contributed by atoms with E-state index in [1.54, 1.807) is 0 Å². The maximum absolute atomic E-state index is 11.5. The van der Waals surface area contributed by atoms with Crippen molar-refractivity contribution >= 4 is 5.91 Å². The number of carbonyl (C=O) groups excluding carboxylic acids is 1. The zero-order valence-electron chi connectivity index (χ0n) is 10.1. The molecule has 1 fully saturated rings. The highest BCUT2D eigenvalue weighted by Crippen LogP contribution is 2.17. The monoisotopic (exact) mass is 213 g/mol.